The third-order valence-electron chi connectivity index (χ3n) is 2.22. The van der Waals surface area contributed by atoms with Gasteiger partial charge in [0.05, 0.1) is 0 Å². The lowest BCUT2D eigenvalue weighted by Gasteiger charge is -2.02. The molecule has 0 fully saturated rings. The van der Waals surface area contributed by atoms with E-state index in [2.05, 4.69) is 37.6 Å². The highest BCUT2D eigenvalue weighted by molar-refractivity contribution is 6.30. The number of rotatable bonds is 2. The molecule has 0 aliphatic heterocycles. The summed E-state index contributed by atoms with van der Waals surface area (Å²) in [5, 5.41) is 0.774. The van der Waals surface area contributed by atoms with Crippen molar-refractivity contribution >= 4 is 11.6 Å². The molecule has 0 heterocycles. The first kappa shape index (κ1) is 10.3. The normalized spacial score (nSPS) is 10.3. The van der Waals surface area contributed by atoms with Gasteiger partial charge in [-0.2, -0.15) is 0 Å². The molecule has 0 unspecified atom stereocenters. The highest BCUT2D eigenvalue weighted by atomic mass is 35.5. The fourth-order valence-corrected chi connectivity index (χ4v) is 1.75. The van der Waals surface area contributed by atoms with Crippen LogP contribution in [0.5, 0.6) is 0 Å². The summed E-state index contributed by atoms with van der Waals surface area (Å²) in [6.45, 7) is 2.09. The average Bonchev–Trinajstić information content (AvgIpc) is 2.17. The van der Waals surface area contributed by atoms with Crippen molar-refractivity contribution in [2.24, 2.45) is 0 Å². The zero-order chi connectivity index (χ0) is 10.7. The van der Waals surface area contributed by atoms with Crippen molar-refractivity contribution < 1.29 is 0 Å². The van der Waals surface area contributed by atoms with Crippen LogP contribution in [0, 0.1) is 13.3 Å². The summed E-state index contributed by atoms with van der Waals surface area (Å²) in [5.74, 6) is 0. The SMILES string of the molecule is Cc1cccc([CH]c2cccc(Cl)c2)c1. The van der Waals surface area contributed by atoms with Gasteiger partial charge in [0.25, 0.3) is 0 Å². The van der Waals surface area contributed by atoms with E-state index in [9.17, 15) is 0 Å². The Bertz CT molecular complexity index is 417. The minimum atomic E-state index is 0.774. The van der Waals surface area contributed by atoms with E-state index < -0.39 is 0 Å². The lowest BCUT2D eigenvalue weighted by molar-refractivity contribution is 1.38. The summed E-state index contributed by atoms with van der Waals surface area (Å²) in [6, 6.07) is 16.3. The van der Waals surface area contributed by atoms with Gasteiger partial charge < -0.3 is 0 Å². The molecule has 0 atom stereocenters. The summed E-state index contributed by atoms with van der Waals surface area (Å²) in [7, 11) is 0. The second kappa shape index (κ2) is 4.50. The number of hydrogen-bond donors (Lipinski definition) is 0. The maximum absolute atomic E-state index is 5.92. The molecule has 0 aromatic heterocycles. The molecule has 0 bridgehead atoms. The molecule has 75 valence electrons. The van der Waals surface area contributed by atoms with Crippen LogP contribution in [-0.4, -0.2) is 0 Å². The smallest absolute Gasteiger partial charge is 0.0408 e. The Hall–Kier alpha value is -1.27. The average molecular weight is 216 g/mol. The first-order chi connectivity index (χ1) is 7.24. The van der Waals surface area contributed by atoms with E-state index in [-0.39, 0.29) is 0 Å². The molecular weight excluding hydrogens is 204 g/mol. The van der Waals surface area contributed by atoms with Crippen molar-refractivity contribution in [1.29, 1.82) is 0 Å². The molecule has 0 spiro atoms. The number of halogens is 1. The van der Waals surface area contributed by atoms with E-state index in [4.69, 9.17) is 11.6 Å². The predicted molar refractivity (Wildman–Crippen MR) is 65.1 cm³/mol. The van der Waals surface area contributed by atoms with Gasteiger partial charge in [-0.25, -0.2) is 0 Å². The zero-order valence-electron chi connectivity index (χ0n) is 8.57. The fraction of sp³-hybridized carbons (Fsp3) is 0.0714. The quantitative estimate of drug-likeness (QED) is 0.703. The van der Waals surface area contributed by atoms with Gasteiger partial charge in [0.1, 0.15) is 0 Å². The fourth-order valence-electron chi connectivity index (χ4n) is 1.55. The van der Waals surface area contributed by atoms with Crippen LogP contribution in [0.1, 0.15) is 16.7 Å². The summed E-state index contributed by atoms with van der Waals surface area (Å²) in [6.07, 6.45) is 2.12. The Morgan fingerprint density at radius 1 is 0.933 bits per heavy atom. The van der Waals surface area contributed by atoms with Gasteiger partial charge in [-0.1, -0.05) is 53.6 Å². The molecule has 2 aromatic rings. The first-order valence-electron chi connectivity index (χ1n) is 4.91. The van der Waals surface area contributed by atoms with E-state index in [0.717, 1.165) is 10.6 Å². The summed E-state index contributed by atoms with van der Waals surface area (Å²) < 4.78 is 0. The molecule has 15 heavy (non-hydrogen) atoms. The van der Waals surface area contributed by atoms with Crippen LogP contribution >= 0.6 is 11.6 Å². The van der Waals surface area contributed by atoms with Gasteiger partial charge in [0, 0.05) is 11.4 Å². The van der Waals surface area contributed by atoms with Crippen LogP contribution in [0.2, 0.25) is 5.02 Å². The van der Waals surface area contributed by atoms with Crippen molar-refractivity contribution in [2.75, 3.05) is 0 Å². The minimum absolute atomic E-state index is 0.774. The maximum Gasteiger partial charge on any atom is 0.0408 e. The van der Waals surface area contributed by atoms with Gasteiger partial charge in [-0.3, -0.25) is 0 Å². The van der Waals surface area contributed by atoms with Crippen LogP contribution in [-0.2, 0) is 0 Å². The van der Waals surface area contributed by atoms with Crippen molar-refractivity contribution in [3.8, 4) is 0 Å². The monoisotopic (exact) mass is 215 g/mol. The molecular formula is C14H12Cl. The predicted octanol–water partition coefficient (Wildman–Crippen LogP) is 4.25. The van der Waals surface area contributed by atoms with Gasteiger partial charge in [0.15, 0.2) is 0 Å². The van der Waals surface area contributed by atoms with E-state index in [1.165, 1.54) is 11.1 Å². The Labute approximate surface area is 95.5 Å². The Balaban J connectivity index is 2.22. The van der Waals surface area contributed by atoms with E-state index in [0.29, 0.717) is 0 Å². The lowest BCUT2D eigenvalue weighted by Crippen LogP contribution is -1.85. The molecule has 1 heteroatoms. The van der Waals surface area contributed by atoms with Gasteiger partial charge >= 0.3 is 0 Å². The van der Waals surface area contributed by atoms with Crippen molar-refractivity contribution in [2.45, 2.75) is 6.92 Å². The Morgan fingerprint density at radius 3 is 2.27 bits per heavy atom. The van der Waals surface area contributed by atoms with Gasteiger partial charge in [-0.15, -0.1) is 0 Å². The van der Waals surface area contributed by atoms with Crippen LogP contribution < -0.4 is 0 Å². The van der Waals surface area contributed by atoms with E-state index in [1.54, 1.807) is 0 Å². The molecule has 0 aliphatic rings. The zero-order valence-corrected chi connectivity index (χ0v) is 9.33. The number of hydrogen-bond acceptors (Lipinski definition) is 0. The molecule has 0 saturated heterocycles. The third-order valence-corrected chi connectivity index (χ3v) is 2.46. The van der Waals surface area contributed by atoms with Crippen LogP contribution in [0.15, 0.2) is 48.5 Å². The van der Waals surface area contributed by atoms with E-state index in [1.807, 2.05) is 24.3 Å². The summed E-state index contributed by atoms with van der Waals surface area (Å²) in [5.41, 5.74) is 3.61. The Morgan fingerprint density at radius 2 is 1.60 bits per heavy atom. The number of benzene rings is 2. The van der Waals surface area contributed by atoms with E-state index >= 15 is 0 Å². The molecule has 2 rings (SSSR count). The van der Waals surface area contributed by atoms with Gasteiger partial charge in [0.2, 0.25) is 0 Å². The second-order valence-corrected chi connectivity index (χ2v) is 4.05. The topological polar surface area (TPSA) is 0 Å². The highest BCUT2D eigenvalue weighted by Crippen LogP contribution is 2.16. The molecule has 0 N–H and O–H groups in total. The van der Waals surface area contributed by atoms with Crippen LogP contribution in [0.4, 0.5) is 0 Å². The molecule has 0 amide bonds. The third kappa shape index (κ3) is 2.84. The molecule has 0 aliphatic carbocycles. The first-order valence-corrected chi connectivity index (χ1v) is 5.29. The largest absolute Gasteiger partial charge is 0.0843 e. The van der Waals surface area contributed by atoms with Crippen LogP contribution in [0.25, 0.3) is 0 Å². The summed E-state index contributed by atoms with van der Waals surface area (Å²) >= 11 is 5.92. The molecule has 2 aromatic carbocycles. The van der Waals surface area contributed by atoms with Gasteiger partial charge in [-0.05, 0) is 30.2 Å². The van der Waals surface area contributed by atoms with Crippen LogP contribution in [0.3, 0.4) is 0 Å². The standard InChI is InChI=1S/C14H12Cl/c1-11-4-2-5-12(8-11)9-13-6-3-7-14(15)10-13/h2-10H,1H3. The Kier molecular flexibility index (Phi) is 3.08. The van der Waals surface area contributed by atoms with Crippen molar-refractivity contribution in [3.63, 3.8) is 0 Å². The molecule has 1 radical (unpaired) electrons. The minimum Gasteiger partial charge on any atom is -0.0843 e. The highest BCUT2D eigenvalue weighted by Gasteiger charge is 1.97. The second-order valence-electron chi connectivity index (χ2n) is 3.61. The number of aryl methyl sites for hydroxylation is 1. The summed E-state index contributed by atoms with van der Waals surface area (Å²) in [4.78, 5) is 0. The van der Waals surface area contributed by atoms with Crippen molar-refractivity contribution in [3.05, 3.63) is 76.7 Å². The maximum atomic E-state index is 5.92. The lowest BCUT2D eigenvalue weighted by atomic mass is 10.0. The van der Waals surface area contributed by atoms with Crippen molar-refractivity contribution in [1.82, 2.24) is 0 Å². The molecule has 0 nitrogen and oxygen atoms in total. The molecule has 0 saturated carbocycles.